The molecular weight excluding hydrogens is 571 g/mol. The van der Waals surface area contributed by atoms with Crippen molar-refractivity contribution in [3.8, 4) is 5.75 Å². The summed E-state index contributed by atoms with van der Waals surface area (Å²) in [5.74, 6) is -7.52. The fraction of sp³-hybridized carbons (Fsp3) is 0.560. The zero-order chi connectivity index (χ0) is 31.8. The highest BCUT2D eigenvalue weighted by molar-refractivity contribution is 5.74. The fourth-order valence-electron chi connectivity index (χ4n) is 4.21. The van der Waals surface area contributed by atoms with E-state index in [-0.39, 0.29) is 11.4 Å². The van der Waals surface area contributed by atoms with Gasteiger partial charge in [-0.15, -0.1) is 0 Å². The number of aliphatic hydroxyl groups excluding tert-OH is 1. The lowest BCUT2D eigenvalue weighted by atomic mass is 9.86. The third-order valence-electron chi connectivity index (χ3n) is 5.74. The monoisotopic (exact) mass is 602 g/mol. The number of nitro groups is 1. The Morgan fingerprint density at radius 3 is 2.07 bits per heavy atom. The van der Waals surface area contributed by atoms with Crippen LogP contribution < -0.4 is 10.1 Å². The van der Waals surface area contributed by atoms with E-state index in [4.69, 9.17) is 28.4 Å². The van der Waals surface area contributed by atoms with Crippen molar-refractivity contribution in [2.45, 2.75) is 77.0 Å². The van der Waals surface area contributed by atoms with Crippen LogP contribution in [-0.4, -0.2) is 95.4 Å². The van der Waals surface area contributed by atoms with Crippen LogP contribution in [0.5, 0.6) is 5.75 Å². The number of carbonyl (C=O) groups excluding carboxylic acids is 5. The van der Waals surface area contributed by atoms with E-state index in [9.17, 15) is 39.2 Å². The molecular formula is C25H31FN2O14. The first-order valence-corrected chi connectivity index (χ1v) is 12.4. The van der Waals surface area contributed by atoms with Gasteiger partial charge in [0.15, 0.2) is 18.3 Å². The predicted octanol–water partition coefficient (Wildman–Crippen LogP) is 0.262. The molecule has 0 aliphatic carbocycles. The molecule has 0 saturated carbocycles. The number of esters is 4. The van der Waals surface area contributed by atoms with Crippen LogP contribution in [0.15, 0.2) is 24.3 Å². The Hall–Kier alpha value is -4.38. The van der Waals surface area contributed by atoms with Crippen molar-refractivity contribution in [3.05, 3.63) is 34.4 Å². The molecule has 1 aliphatic heterocycles. The van der Waals surface area contributed by atoms with Crippen molar-refractivity contribution in [2.75, 3.05) is 13.2 Å². The van der Waals surface area contributed by atoms with Gasteiger partial charge in [0.25, 0.3) is 11.5 Å². The molecule has 1 fully saturated rings. The maximum Gasteiger partial charge on any atom is 0.303 e. The SMILES string of the molecule is CC(=O)N[C@H]1[C@H]([C@H](OC(C)=O)[C@@H](COC(C)=O)OC(C)=O)O[C@](CO)(Oc2ccc([N+](=O)[O-])cc2)[C@H](F)[C@@H]1OC(C)=O. The summed E-state index contributed by atoms with van der Waals surface area (Å²) in [5.41, 5.74) is -0.340. The van der Waals surface area contributed by atoms with Crippen LogP contribution in [0, 0.1) is 10.1 Å². The molecule has 42 heavy (non-hydrogen) atoms. The van der Waals surface area contributed by atoms with Gasteiger partial charge in [-0.3, -0.25) is 34.1 Å². The van der Waals surface area contributed by atoms with E-state index in [1.54, 1.807) is 0 Å². The zero-order valence-corrected chi connectivity index (χ0v) is 23.3. The smallest absolute Gasteiger partial charge is 0.303 e. The number of alkyl halides is 1. The number of rotatable bonds is 12. The molecule has 0 aromatic heterocycles. The van der Waals surface area contributed by atoms with E-state index in [1.807, 2.05) is 0 Å². The minimum atomic E-state index is -2.75. The Kier molecular flexibility index (Phi) is 11.7. The molecule has 232 valence electrons. The standard InChI is InChI=1S/C25H31FN2O14/c1-12(30)27-20-22(21(39-15(4)33)19(38-14(3)32)10-37-13(2)31)42-25(11-29,24(26)23(20)40-16(5)34)41-18-8-6-17(7-9-18)28(35)36/h6-9,19-24,29H,10-11H2,1-5H3,(H,27,30)/t19-,20+,21-,22-,23-,24-,25+/m1/s1. The van der Waals surface area contributed by atoms with Gasteiger partial charge in [0.2, 0.25) is 12.1 Å². The molecule has 1 heterocycles. The highest BCUT2D eigenvalue weighted by Crippen LogP contribution is 2.39. The first-order valence-electron chi connectivity index (χ1n) is 12.4. The zero-order valence-electron chi connectivity index (χ0n) is 23.3. The summed E-state index contributed by atoms with van der Waals surface area (Å²) in [7, 11) is 0. The number of hydrogen-bond acceptors (Lipinski definition) is 14. The Bertz CT molecular complexity index is 1180. The van der Waals surface area contributed by atoms with E-state index in [2.05, 4.69) is 5.32 Å². The summed E-state index contributed by atoms with van der Waals surface area (Å²) < 4.78 is 48.5. The second-order valence-electron chi connectivity index (χ2n) is 9.13. The van der Waals surface area contributed by atoms with Gasteiger partial charge >= 0.3 is 23.9 Å². The lowest BCUT2D eigenvalue weighted by Crippen LogP contribution is -2.74. The normalized spacial score (nSPS) is 24.7. The Balaban J connectivity index is 2.74. The number of carbonyl (C=O) groups is 5. The number of halogens is 1. The summed E-state index contributed by atoms with van der Waals surface area (Å²) in [6.45, 7) is 3.00. The number of nitrogens with zero attached hydrogens (tertiary/aromatic N) is 1. The molecule has 0 bridgehead atoms. The highest BCUT2D eigenvalue weighted by Gasteiger charge is 2.62. The second-order valence-corrected chi connectivity index (χ2v) is 9.13. The van der Waals surface area contributed by atoms with Crippen LogP contribution in [-0.2, 0) is 47.7 Å². The molecule has 0 spiro atoms. The quantitative estimate of drug-likeness (QED) is 0.142. The van der Waals surface area contributed by atoms with Gasteiger partial charge in [0.1, 0.15) is 25.1 Å². The van der Waals surface area contributed by atoms with Crippen LogP contribution >= 0.6 is 0 Å². The highest BCUT2D eigenvalue weighted by atomic mass is 19.1. The molecule has 0 radical (unpaired) electrons. The van der Waals surface area contributed by atoms with Gasteiger partial charge in [-0.05, 0) is 12.1 Å². The van der Waals surface area contributed by atoms with E-state index in [0.29, 0.717) is 0 Å². The van der Waals surface area contributed by atoms with Gasteiger partial charge in [-0.2, -0.15) is 0 Å². The lowest BCUT2D eigenvalue weighted by Gasteiger charge is -2.50. The third-order valence-corrected chi connectivity index (χ3v) is 5.74. The number of non-ortho nitro benzene ring substituents is 1. The molecule has 1 aromatic rings. The van der Waals surface area contributed by atoms with Crippen molar-refractivity contribution in [2.24, 2.45) is 0 Å². The van der Waals surface area contributed by atoms with Crippen molar-refractivity contribution in [1.82, 2.24) is 5.32 Å². The second kappa shape index (κ2) is 14.5. The minimum Gasteiger partial charge on any atom is -0.462 e. The van der Waals surface area contributed by atoms with Gasteiger partial charge in [-0.25, -0.2) is 4.39 Å². The molecule has 1 aromatic carbocycles. The van der Waals surface area contributed by atoms with Crippen LogP contribution in [0.4, 0.5) is 10.1 Å². The summed E-state index contributed by atoms with van der Waals surface area (Å²) >= 11 is 0. The molecule has 1 saturated heterocycles. The summed E-state index contributed by atoms with van der Waals surface area (Å²) in [4.78, 5) is 70.2. The number of hydrogen-bond donors (Lipinski definition) is 2. The van der Waals surface area contributed by atoms with E-state index < -0.39 is 90.3 Å². The van der Waals surface area contributed by atoms with Crippen LogP contribution in [0.1, 0.15) is 34.6 Å². The first kappa shape index (κ1) is 33.8. The number of nitrogens with one attached hydrogen (secondary N) is 1. The van der Waals surface area contributed by atoms with Crippen LogP contribution in [0.2, 0.25) is 0 Å². The number of nitro benzene ring substituents is 1. The number of aliphatic hydroxyl groups is 1. The van der Waals surface area contributed by atoms with Crippen LogP contribution in [0.25, 0.3) is 0 Å². The number of amides is 1. The maximum atomic E-state index is 16.3. The van der Waals surface area contributed by atoms with E-state index in [1.165, 1.54) is 0 Å². The fourth-order valence-corrected chi connectivity index (χ4v) is 4.21. The average Bonchev–Trinajstić information content (AvgIpc) is 2.88. The molecule has 17 heteroatoms. The molecule has 1 amide bonds. The Labute approximate surface area is 238 Å². The van der Waals surface area contributed by atoms with Gasteiger partial charge in [0, 0.05) is 46.8 Å². The van der Waals surface area contributed by atoms with Gasteiger partial charge < -0.3 is 38.8 Å². The van der Waals surface area contributed by atoms with E-state index >= 15 is 4.39 Å². The molecule has 1 aliphatic rings. The number of ether oxygens (including phenoxy) is 6. The molecule has 16 nitrogen and oxygen atoms in total. The topological polar surface area (TPSA) is 216 Å². The Morgan fingerprint density at radius 2 is 1.62 bits per heavy atom. The minimum absolute atomic E-state index is 0.240. The first-order chi connectivity index (χ1) is 19.6. The molecule has 7 atom stereocenters. The van der Waals surface area contributed by atoms with Crippen molar-refractivity contribution in [3.63, 3.8) is 0 Å². The molecule has 0 unspecified atom stereocenters. The summed E-state index contributed by atoms with van der Waals surface area (Å²) in [6.07, 6.45) is -9.74. The summed E-state index contributed by atoms with van der Waals surface area (Å²) in [6, 6.07) is 2.53. The maximum absolute atomic E-state index is 16.3. The van der Waals surface area contributed by atoms with Crippen molar-refractivity contribution < 1.29 is 66.8 Å². The largest absolute Gasteiger partial charge is 0.462 e. The summed E-state index contributed by atoms with van der Waals surface area (Å²) in [5, 5.41) is 23.8. The Morgan fingerprint density at radius 1 is 1.02 bits per heavy atom. The predicted molar refractivity (Wildman–Crippen MR) is 134 cm³/mol. The van der Waals surface area contributed by atoms with Crippen LogP contribution in [0.3, 0.4) is 0 Å². The average molecular weight is 603 g/mol. The molecule has 2 rings (SSSR count). The number of benzene rings is 1. The van der Waals surface area contributed by atoms with Gasteiger partial charge in [0.05, 0.1) is 11.0 Å². The van der Waals surface area contributed by atoms with E-state index in [0.717, 1.165) is 58.9 Å². The lowest BCUT2D eigenvalue weighted by molar-refractivity contribution is -0.385. The van der Waals surface area contributed by atoms with Crippen molar-refractivity contribution in [1.29, 1.82) is 0 Å². The van der Waals surface area contributed by atoms with Crippen molar-refractivity contribution >= 4 is 35.5 Å². The third kappa shape index (κ3) is 8.81. The van der Waals surface area contributed by atoms with Gasteiger partial charge in [-0.1, -0.05) is 0 Å². The molecule has 2 N–H and O–H groups in total.